The van der Waals surface area contributed by atoms with Crippen molar-refractivity contribution in [3.8, 4) is 5.82 Å². The van der Waals surface area contributed by atoms with E-state index in [9.17, 15) is 13.2 Å². The molecule has 1 N–H and O–H groups in total. The van der Waals surface area contributed by atoms with E-state index < -0.39 is 21.0 Å². The fraction of sp³-hybridized carbons (Fsp3) is 0.357. The summed E-state index contributed by atoms with van der Waals surface area (Å²) in [6.45, 7) is 5.16. The molecule has 0 saturated heterocycles. The summed E-state index contributed by atoms with van der Waals surface area (Å²) in [5.41, 5.74) is 2.27. The molecule has 0 fully saturated rings. The second-order valence-electron chi connectivity index (χ2n) is 5.20. The molecule has 0 aromatic carbocycles. The van der Waals surface area contributed by atoms with Crippen molar-refractivity contribution in [2.75, 3.05) is 11.6 Å². The van der Waals surface area contributed by atoms with E-state index in [1.807, 2.05) is 19.9 Å². The highest BCUT2D eigenvalue weighted by molar-refractivity contribution is 7.92. The Balaban J connectivity index is 2.16. The van der Waals surface area contributed by atoms with Crippen LogP contribution in [-0.2, 0) is 14.6 Å². The number of hydrogen-bond donors (Lipinski definition) is 1. The Morgan fingerprint density at radius 3 is 2.45 bits per heavy atom. The molecule has 0 unspecified atom stereocenters. The lowest BCUT2D eigenvalue weighted by Crippen LogP contribution is -2.31. The van der Waals surface area contributed by atoms with Crippen LogP contribution in [0.3, 0.4) is 0 Å². The molecule has 7 nitrogen and oxygen atoms in total. The van der Waals surface area contributed by atoms with Crippen molar-refractivity contribution in [1.82, 2.24) is 14.8 Å². The molecule has 0 aliphatic heterocycles. The third-order valence-corrected chi connectivity index (χ3v) is 4.75. The molecule has 0 saturated carbocycles. The number of carbonyl (C=O) groups is 1. The molecule has 118 valence electrons. The summed E-state index contributed by atoms with van der Waals surface area (Å²) >= 11 is 0. The summed E-state index contributed by atoms with van der Waals surface area (Å²) in [7, 11) is -3.42. The number of hydrogen-bond acceptors (Lipinski definition) is 5. The van der Waals surface area contributed by atoms with Crippen molar-refractivity contribution in [3.63, 3.8) is 0 Å². The van der Waals surface area contributed by atoms with Crippen LogP contribution in [0.25, 0.3) is 5.82 Å². The summed E-state index contributed by atoms with van der Waals surface area (Å²) in [5.74, 6) is 0.0444. The van der Waals surface area contributed by atoms with Gasteiger partial charge in [0.15, 0.2) is 15.7 Å². The fourth-order valence-corrected chi connectivity index (χ4v) is 2.33. The van der Waals surface area contributed by atoms with Gasteiger partial charge in [-0.3, -0.25) is 4.79 Å². The normalized spacial score (nSPS) is 12.9. The van der Waals surface area contributed by atoms with Crippen LogP contribution in [0.15, 0.2) is 24.4 Å². The average Bonchev–Trinajstić information content (AvgIpc) is 2.76. The quantitative estimate of drug-likeness (QED) is 0.914. The predicted molar refractivity (Wildman–Crippen MR) is 83.8 cm³/mol. The van der Waals surface area contributed by atoms with Gasteiger partial charge < -0.3 is 5.32 Å². The molecule has 2 aromatic rings. The lowest BCUT2D eigenvalue weighted by molar-refractivity contribution is -0.115. The maximum absolute atomic E-state index is 11.8. The van der Waals surface area contributed by atoms with Crippen LogP contribution in [-0.4, -0.2) is 40.6 Å². The van der Waals surface area contributed by atoms with E-state index in [0.29, 0.717) is 11.5 Å². The topological polar surface area (TPSA) is 94.0 Å². The standard InChI is InChI=1S/C14H18N4O3S/c1-9-7-10(2)18(17-9)13-6-5-12(8-15-13)16-14(19)11(3)22(4,20)21/h5-8,11H,1-4H3,(H,16,19)/t11-/m0/s1. The Morgan fingerprint density at radius 1 is 1.32 bits per heavy atom. The number of aryl methyl sites for hydroxylation is 2. The van der Waals surface area contributed by atoms with E-state index in [4.69, 9.17) is 0 Å². The van der Waals surface area contributed by atoms with Gasteiger partial charge in [-0.05, 0) is 39.0 Å². The molecule has 1 atom stereocenters. The van der Waals surface area contributed by atoms with Gasteiger partial charge >= 0.3 is 0 Å². The number of aromatic nitrogens is 3. The smallest absolute Gasteiger partial charge is 0.242 e. The van der Waals surface area contributed by atoms with Crippen molar-refractivity contribution in [2.45, 2.75) is 26.0 Å². The maximum atomic E-state index is 11.8. The van der Waals surface area contributed by atoms with Gasteiger partial charge in [-0.15, -0.1) is 0 Å². The lowest BCUT2D eigenvalue weighted by atomic mass is 10.3. The summed E-state index contributed by atoms with van der Waals surface area (Å²) in [4.78, 5) is 16.1. The molecule has 0 aliphatic carbocycles. The number of pyridine rings is 1. The van der Waals surface area contributed by atoms with Crippen LogP contribution in [0.4, 0.5) is 5.69 Å². The van der Waals surface area contributed by atoms with E-state index in [0.717, 1.165) is 17.6 Å². The van der Waals surface area contributed by atoms with Crippen molar-refractivity contribution < 1.29 is 13.2 Å². The van der Waals surface area contributed by atoms with Gasteiger partial charge in [-0.1, -0.05) is 0 Å². The van der Waals surface area contributed by atoms with E-state index in [-0.39, 0.29) is 0 Å². The van der Waals surface area contributed by atoms with E-state index >= 15 is 0 Å². The molecular weight excluding hydrogens is 304 g/mol. The zero-order valence-electron chi connectivity index (χ0n) is 12.9. The minimum absolute atomic E-state index is 0.436. The molecule has 8 heteroatoms. The Morgan fingerprint density at radius 2 is 2.00 bits per heavy atom. The largest absolute Gasteiger partial charge is 0.324 e. The number of anilines is 1. The van der Waals surface area contributed by atoms with Crippen LogP contribution >= 0.6 is 0 Å². The SMILES string of the molecule is Cc1cc(C)n(-c2ccc(NC(=O)[C@H](C)S(C)(=O)=O)cn2)n1. The number of sulfone groups is 1. The maximum Gasteiger partial charge on any atom is 0.242 e. The van der Waals surface area contributed by atoms with Gasteiger partial charge in [-0.25, -0.2) is 18.1 Å². The zero-order chi connectivity index (χ0) is 16.5. The highest BCUT2D eigenvalue weighted by Gasteiger charge is 2.23. The Kier molecular flexibility index (Phi) is 4.32. The van der Waals surface area contributed by atoms with Crippen molar-refractivity contribution in [3.05, 3.63) is 35.8 Å². The lowest BCUT2D eigenvalue weighted by Gasteiger charge is -2.10. The number of rotatable bonds is 4. The second kappa shape index (κ2) is 5.88. The van der Waals surface area contributed by atoms with Crippen LogP contribution in [0.5, 0.6) is 0 Å². The molecule has 0 radical (unpaired) electrons. The summed E-state index contributed by atoms with van der Waals surface area (Å²) in [6.07, 6.45) is 2.50. The Bertz CT molecular complexity index is 794. The third-order valence-electron chi connectivity index (χ3n) is 3.25. The highest BCUT2D eigenvalue weighted by Crippen LogP contribution is 2.13. The molecule has 0 bridgehead atoms. The first kappa shape index (κ1) is 16.2. The van der Waals surface area contributed by atoms with E-state index in [2.05, 4.69) is 15.4 Å². The Hall–Kier alpha value is -2.22. The molecular formula is C14H18N4O3S. The van der Waals surface area contributed by atoms with Gasteiger partial charge in [0, 0.05) is 11.9 Å². The summed E-state index contributed by atoms with van der Waals surface area (Å²) in [5, 5.41) is 5.75. The van der Waals surface area contributed by atoms with Crippen molar-refractivity contribution >= 4 is 21.4 Å². The first-order valence-electron chi connectivity index (χ1n) is 6.68. The fourth-order valence-electron chi connectivity index (χ4n) is 1.88. The summed E-state index contributed by atoms with van der Waals surface area (Å²) in [6, 6.07) is 5.30. The van der Waals surface area contributed by atoms with Crippen LogP contribution in [0, 0.1) is 13.8 Å². The molecule has 2 rings (SSSR count). The first-order chi connectivity index (χ1) is 10.2. The minimum atomic E-state index is -3.42. The Labute approximate surface area is 129 Å². The monoisotopic (exact) mass is 322 g/mol. The summed E-state index contributed by atoms with van der Waals surface area (Å²) < 4.78 is 24.4. The predicted octanol–water partition coefficient (Wildman–Crippen LogP) is 1.26. The van der Waals surface area contributed by atoms with Crippen LogP contribution in [0.1, 0.15) is 18.3 Å². The number of nitrogens with zero attached hydrogens (tertiary/aromatic N) is 3. The molecule has 2 aromatic heterocycles. The van der Waals surface area contributed by atoms with Gasteiger partial charge in [0.25, 0.3) is 0 Å². The number of nitrogens with one attached hydrogen (secondary N) is 1. The first-order valence-corrected chi connectivity index (χ1v) is 8.63. The second-order valence-corrected chi connectivity index (χ2v) is 7.57. The van der Waals surface area contributed by atoms with Crippen LogP contribution in [0.2, 0.25) is 0 Å². The molecule has 0 spiro atoms. The van der Waals surface area contributed by atoms with Gasteiger partial charge in [0.1, 0.15) is 5.25 Å². The molecule has 0 aliphatic rings. The average molecular weight is 322 g/mol. The third kappa shape index (κ3) is 3.51. The van der Waals surface area contributed by atoms with E-state index in [1.165, 1.54) is 13.1 Å². The van der Waals surface area contributed by atoms with Crippen LogP contribution < -0.4 is 5.32 Å². The number of carbonyl (C=O) groups excluding carboxylic acids is 1. The van der Waals surface area contributed by atoms with Gasteiger partial charge in [0.2, 0.25) is 5.91 Å². The molecule has 2 heterocycles. The van der Waals surface area contributed by atoms with Gasteiger partial charge in [0.05, 0.1) is 17.6 Å². The van der Waals surface area contributed by atoms with Crippen molar-refractivity contribution in [1.29, 1.82) is 0 Å². The molecule has 1 amide bonds. The molecule has 22 heavy (non-hydrogen) atoms. The highest BCUT2D eigenvalue weighted by atomic mass is 32.2. The van der Waals surface area contributed by atoms with Gasteiger partial charge in [-0.2, -0.15) is 5.10 Å². The van der Waals surface area contributed by atoms with E-state index in [1.54, 1.807) is 16.8 Å². The zero-order valence-corrected chi connectivity index (χ0v) is 13.7. The minimum Gasteiger partial charge on any atom is -0.324 e. The number of amides is 1. The van der Waals surface area contributed by atoms with Crippen molar-refractivity contribution in [2.24, 2.45) is 0 Å².